The Labute approximate surface area is 196 Å². The van der Waals surface area contributed by atoms with E-state index in [4.69, 9.17) is 0 Å². The Balaban J connectivity index is 1.62. The van der Waals surface area contributed by atoms with Crippen LogP contribution in [0.3, 0.4) is 0 Å². The van der Waals surface area contributed by atoms with Crippen LogP contribution in [-0.2, 0) is 0 Å². The third kappa shape index (κ3) is 5.66. The summed E-state index contributed by atoms with van der Waals surface area (Å²) in [7, 11) is 0. The van der Waals surface area contributed by atoms with Gasteiger partial charge in [0.1, 0.15) is 5.75 Å². The molecule has 0 aliphatic rings. The van der Waals surface area contributed by atoms with Gasteiger partial charge < -0.3 is 21.1 Å². The van der Waals surface area contributed by atoms with Crippen molar-refractivity contribution in [2.75, 3.05) is 16.0 Å². The Morgan fingerprint density at radius 1 is 0.471 bits per heavy atom. The fraction of sp³-hybridized carbons (Fsp3) is 0. The molecule has 0 saturated heterocycles. The van der Waals surface area contributed by atoms with Crippen LogP contribution in [0.1, 0.15) is 31.1 Å². The van der Waals surface area contributed by atoms with Gasteiger partial charge in [0, 0.05) is 33.8 Å². The normalized spacial score (nSPS) is 10.2. The summed E-state index contributed by atoms with van der Waals surface area (Å²) < 4.78 is 0. The molecule has 0 aromatic heterocycles. The molecule has 7 heteroatoms. The van der Waals surface area contributed by atoms with E-state index in [9.17, 15) is 19.5 Å². The van der Waals surface area contributed by atoms with Gasteiger partial charge >= 0.3 is 0 Å². The van der Waals surface area contributed by atoms with Crippen molar-refractivity contribution < 1.29 is 19.5 Å². The van der Waals surface area contributed by atoms with E-state index in [1.54, 1.807) is 66.7 Å². The van der Waals surface area contributed by atoms with Crippen LogP contribution in [-0.4, -0.2) is 22.8 Å². The van der Waals surface area contributed by atoms with Gasteiger partial charge in [-0.1, -0.05) is 36.4 Å². The Bertz CT molecular complexity index is 1250. The zero-order valence-electron chi connectivity index (χ0n) is 18.0. The summed E-state index contributed by atoms with van der Waals surface area (Å²) in [5, 5.41) is 17.7. The topological polar surface area (TPSA) is 108 Å². The summed E-state index contributed by atoms with van der Waals surface area (Å²) in [4.78, 5) is 38.2. The maximum atomic E-state index is 12.9. The van der Waals surface area contributed by atoms with Crippen molar-refractivity contribution >= 4 is 34.8 Å². The number of carbonyl (C=O) groups is 3. The van der Waals surface area contributed by atoms with Gasteiger partial charge in [-0.3, -0.25) is 14.4 Å². The van der Waals surface area contributed by atoms with Crippen molar-refractivity contribution in [3.05, 3.63) is 120 Å². The maximum absolute atomic E-state index is 12.9. The number of benzene rings is 4. The van der Waals surface area contributed by atoms with E-state index in [-0.39, 0.29) is 23.1 Å². The lowest BCUT2D eigenvalue weighted by atomic mass is 10.1. The molecule has 0 atom stereocenters. The standard InChI is InChI=1S/C27H21N3O4/c31-24-13-11-21(12-14-24)28-27(34)20-15-22(29-25(32)18-7-3-1-4-8-18)17-23(16-20)30-26(33)19-9-5-2-6-10-19/h1-17,31H,(H,28,34)(H,29,32)(H,30,33). The van der Waals surface area contributed by atoms with Gasteiger partial charge in [-0.25, -0.2) is 0 Å². The van der Waals surface area contributed by atoms with Gasteiger partial charge in [0.05, 0.1) is 0 Å². The Morgan fingerprint density at radius 2 is 0.882 bits per heavy atom. The zero-order chi connectivity index (χ0) is 23.9. The molecule has 4 N–H and O–H groups in total. The lowest BCUT2D eigenvalue weighted by Crippen LogP contribution is -2.17. The molecule has 0 radical (unpaired) electrons. The molecular weight excluding hydrogens is 430 g/mol. The van der Waals surface area contributed by atoms with Crippen molar-refractivity contribution in [1.29, 1.82) is 0 Å². The van der Waals surface area contributed by atoms with E-state index in [0.29, 0.717) is 28.2 Å². The minimum atomic E-state index is -0.447. The fourth-order valence-electron chi connectivity index (χ4n) is 3.24. The van der Waals surface area contributed by atoms with Crippen molar-refractivity contribution in [3.8, 4) is 5.75 Å². The van der Waals surface area contributed by atoms with E-state index in [1.165, 1.54) is 24.3 Å². The van der Waals surface area contributed by atoms with E-state index in [0.717, 1.165) is 0 Å². The second-order valence-electron chi connectivity index (χ2n) is 7.44. The summed E-state index contributed by atoms with van der Waals surface area (Å²) >= 11 is 0. The van der Waals surface area contributed by atoms with Crippen LogP contribution in [0.15, 0.2) is 103 Å². The Morgan fingerprint density at radius 3 is 1.35 bits per heavy atom. The Hall–Kier alpha value is -4.91. The molecule has 0 spiro atoms. The molecule has 0 bridgehead atoms. The first-order valence-electron chi connectivity index (χ1n) is 10.5. The van der Waals surface area contributed by atoms with Crippen LogP contribution in [0.4, 0.5) is 17.1 Å². The second kappa shape index (κ2) is 10.1. The van der Waals surface area contributed by atoms with Crippen molar-refractivity contribution in [2.24, 2.45) is 0 Å². The highest BCUT2D eigenvalue weighted by atomic mass is 16.3. The van der Waals surface area contributed by atoms with E-state index < -0.39 is 5.91 Å². The first-order chi connectivity index (χ1) is 16.5. The van der Waals surface area contributed by atoms with Crippen LogP contribution in [0.2, 0.25) is 0 Å². The van der Waals surface area contributed by atoms with Gasteiger partial charge in [0.25, 0.3) is 17.7 Å². The van der Waals surface area contributed by atoms with Gasteiger partial charge in [-0.05, 0) is 66.7 Å². The predicted molar refractivity (Wildman–Crippen MR) is 131 cm³/mol. The van der Waals surface area contributed by atoms with E-state index in [2.05, 4.69) is 16.0 Å². The number of amides is 3. The fourth-order valence-corrected chi connectivity index (χ4v) is 3.24. The molecule has 34 heavy (non-hydrogen) atoms. The maximum Gasteiger partial charge on any atom is 0.255 e. The van der Waals surface area contributed by atoms with Gasteiger partial charge in [-0.15, -0.1) is 0 Å². The lowest BCUT2D eigenvalue weighted by Gasteiger charge is -2.13. The number of anilines is 3. The second-order valence-corrected chi connectivity index (χ2v) is 7.44. The molecule has 4 rings (SSSR count). The van der Waals surface area contributed by atoms with E-state index in [1.807, 2.05) is 12.1 Å². The monoisotopic (exact) mass is 451 g/mol. The number of phenols is 1. The summed E-state index contributed by atoms with van der Waals surface area (Å²) in [5.41, 5.74) is 2.30. The van der Waals surface area contributed by atoms with Crippen molar-refractivity contribution in [3.63, 3.8) is 0 Å². The van der Waals surface area contributed by atoms with Crippen LogP contribution in [0.5, 0.6) is 5.75 Å². The molecular formula is C27H21N3O4. The predicted octanol–water partition coefficient (Wildman–Crippen LogP) is 5.15. The quantitative estimate of drug-likeness (QED) is 0.304. The van der Waals surface area contributed by atoms with E-state index >= 15 is 0 Å². The summed E-state index contributed by atoms with van der Waals surface area (Å²) in [5.74, 6) is -1.07. The number of hydrogen-bond donors (Lipinski definition) is 4. The average molecular weight is 451 g/mol. The highest BCUT2D eigenvalue weighted by Crippen LogP contribution is 2.22. The zero-order valence-corrected chi connectivity index (χ0v) is 18.0. The molecule has 4 aromatic carbocycles. The molecule has 7 nitrogen and oxygen atoms in total. The highest BCUT2D eigenvalue weighted by Gasteiger charge is 2.14. The van der Waals surface area contributed by atoms with Gasteiger partial charge in [0.15, 0.2) is 0 Å². The number of rotatable bonds is 6. The smallest absolute Gasteiger partial charge is 0.255 e. The highest BCUT2D eigenvalue weighted by molar-refractivity contribution is 6.10. The molecule has 4 aromatic rings. The van der Waals surface area contributed by atoms with Crippen LogP contribution in [0.25, 0.3) is 0 Å². The molecule has 168 valence electrons. The van der Waals surface area contributed by atoms with Crippen LogP contribution < -0.4 is 16.0 Å². The molecule has 3 amide bonds. The summed E-state index contributed by atoms with van der Waals surface area (Å²) in [6.45, 7) is 0. The number of phenolic OH excluding ortho intramolecular Hbond substituents is 1. The van der Waals surface area contributed by atoms with Crippen molar-refractivity contribution in [2.45, 2.75) is 0 Å². The number of hydrogen-bond acceptors (Lipinski definition) is 4. The van der Waals surface area contributed by atoms with Crippen molar-refractivity contribution in [1.82, 2.24) is 0 Å². The minimum absolute atomic E-state index is 0.0783. The van der Waals surface area contributed by atoms with Gasteiger partial charge in [-0.2, -0.15) is 0 Å². The number of aromatic hydroxyl groups is 1. The third-order valence-corrected chi connectivity index (χ3v) is 4.91. The first-order valence-corrected chi connectivity index (χ1v) is 10.5. The first kappa shape index (κ1) is 22.3. The molecule has 0 heterocycles. The Kier molecular flexibility index (Phi) is 6.65. The molecule has 0 aliphatic carbocycles. The lowest BCUT2D eigenvalue weighted by molar-refractivity contribution is 0.101. The summed E-state index contributed by atoms with van der Waals surface area (Å²) in [6.07, 6.45) is 0. The van der Waals surface area contributed by atoms with Gasteiger partial charge in [0.2, 0.25) is 0 Å². The average Bonchev–Trinajstić information content (AvgIpc) is 2.86. The number of nitrogens with one attached hydrogen (secondary N) is 3. The minimum Gasteiger partial charge on any atom is -0.508 e. The third-order valence-electron chi connectivity index (χ3n) is 4.91. The molecule has 0 unspecified atom stereocenters. The number of carbonyl (C=O) groups excluding carboxylic acids is 3. The summed E-state index contributed by atoms with van der Waals surface area (Å²) in [6, 6.07) is 28.0. The SMILES string of the molecule is O=C(Nc1cc(NC(=O)c2ccccc2)cc(C(=O)Nc2ccc(O)cc2)c1)c1ccccc1. The molecule has 0 saturated carbocycles. The molecule has 0 fully saturated rings. The molecule has 0 aliphatic heterocycles. The largest absolute Gasteiger partial charge is 0.508 e. The van der Waals surface area contributed by atoms with Crippen LogP contribution in [0, 0.1) is 0 Å². The van der Waals surface area contributed by atoms with Crippen LogP contribution >= 0.6 is 0 Å².